The Kier molecular flexibility index (Phi) is 6.22. The minimum atomic E-state index is -1.26. The first-order chi connectivity index (χ1) is 15.9. The Hall–Kier alpha value is -2.19. The lowest BCUT2D eigenvalue weighted by molar-refractivity contribution is -0.173. The predicted molar refractivity (Wildman–Crippen MR) is 121 cm³/mol. The third-order valence-electron chi connectivity index (χ3n) is 8.31. The molecule has 4 aliphatic rings. The maximum absolute atomic E-state index is 12.7. The van der Waals surface area contributed by atoms with Crippen LogP contribution in [0.3, 0.4) is 0 Å². The molecular weight excluding hydrogens is 440 g/mol. The van der Waals surface area contributed by atoms with Gasteiger partial charge in [-0.15, -0.1) is 0 Å². The number of aliphatic hydroxyl groups is 1. The first-order valence-electron chi connectivity index (χ1n) is 12.2. The number of rotatable bonds is 4. The van der Waals surface area contributed by atoms with E-state index in [9.17, 15) is 19.5 Å². The van der Waals surface area contributed by atoms with Gasteiger partial charge < -0.3 is 24.1 Å². The van der Waals surface area contributed by atoms with Crippen molar-refractivity contribution in [2.45, 2.75) is 103 Å². The van der Waals surface area contributed by atoms with Crippen molar-refractivity contribution in [3.63, 3.8) is 0 Å². The van der Waals surface area contributed by atoms with Crippen LogP contribution in [0, 0.1) is 17.3 Å². The minimum absolute atomic E-state index is 0.285. The van der Waals surface area contributed by atoms with Crippen LogP contribution in [0.1, 0.15) is 67.2 Å². The molecule has 34 heavy (non-hydrogen) atoms. The zero-order valence-electron chi connectivity index (χ0n) is 20.8. The molecule has 0 aromatic rings. The standard InChI is InChI=1S/C26H36O8/c1-7-8-20(28)32-18-10-9-14(2)13-19-26(25(6,34-26)23(30)33-19)22(29)21-15(3)17(31-16(4)27)11-12-24(18,21)5/h11-13,15,17-19,21-22,29H,7-10H2,1-6H3/b14-13-/t15-,17+,18-,19+,21+,22-,24+,25-,26-/m0/s1. The van der Waals surface area contributed by atoms with Crippen molar-refractivity contribution in [2.24, 2.45) is 17.3 Å². The van der Waals surface area contributed by atoms with Crippen molar-refractivity contribution >= 4 is 17.9 Å². The molecule has 2 aliphatic carbocycles. The van der Waals surface area contributed by atoms with E-state index in [4.69, 9.17) is 18.9 Å². The summed E-state index contributed by atoms with van der Waals surface area (Å²) >= 11 is 0. The largest absolute Gasteiger partial charge is 0.461 e. The van der Waals surface area contributed by atoms with Crippen LogP contribution in [-0.4, -0.2) is 58.6 Å². The van der Waals surface area contributed by atoms with Gasteiger partial charge in [-0.2, -0.15) is 0 Å². The molecule has 8 heteroatoms. The van der Waals surface area contributed by atoms with Crippen LogP contribution in [-0.2, 0) is 33.3 Å². The maximum Gasteiger partial charge on any atom is 0.342 e. The van der Waals surface area contributed by atoms with Crippen LogP contribution in [0.5, 0.6) is 0 Å². The fourth-order valence-corrected chi connectivity index (χ4v) is 6.36. The van der Waals surface area contributed by atoms with Crippen molar-refractivity contribution in [1.82, 2.24) is 0 Å². The monoisotopic (exact) mass is 476 g/mol. The summed E-state index contributed by atoms with van der Waals surface area (Å²) in [5.41, 5.74) is -2.35. The number of aliphatic hydroxyl groups excluding tert-OH is 1. The van der Waals surface area contributed by atoms with Gasteiger partial charge >= 0.3 is 17.9 Å². The second-order valence-corrected chi connectivity index (χ2v) is 10.7. The van der Waals surface area contributed by atoms with E-state index in [1.165, 1.54) is 6.92 Å². The molecule has 8 nitrogen and oxygen atoms in total. The fourth-order valence-electron chi connectivity index (χ4n) is 6.36. The number of carbonyl (C=O) groups excluding carboxylic acids is 3. The highest BCUT2D eigenvalue weighted by molar-refractivity contribution is 5.88. The third kappa shape index (κ3) is 3.61. The molecule has 0 saturated carbocycles. The molecule has 1 N–H and O–H groups in total. The smallest absolute Gasteiger partial charge is 0.342 e. The van der Waals surface area contributed by atoms with Crippen molar-refractivity contribution in [1.29, 1.82) is 0 Å². The Morgan fingerprint density at radius 1 is 1.26 bits per heavy atom. The van der Waals surface area contributed by atoms with E-state index in [-0.39, 0.29) is 11.9 Å². The zero-order chi connectivity index (χ0) is 25.1. The van der Waals surface area contributed by atoms with E-state index in [2.05, 4.69) is 0 Å². The number of allylic oxidation sites excluding steroid dienone is 1. The topological polar surface area (TPSA) is 112 Å². The Bertz CT molecular complexity index is 939. The summed E-state index contributed by atoms with van der Waals surface area (Å²) < 4.78 is 23.3. The molecule has 188 valence electrons. The van der Waals surface area contributed by atoms with Gasteiger partial charge in [-0.1, -0.05) is 32.4 Å². The van der Waals surface area contributed by atoms with Gasteiger partial charge in [0.2, 0.25) is 0 Å². The first kappa shape index (κ1) is 24.9. The number of hydrogen-bond acceptors (Lipinski definition) is 8. The fraction of sp³-hybridized carbons (Fsp3) is 0.731. The number of hydrogen-bond donors (Lipinski definition) is 1. The molecule has 1 spiro atoms. The molecule has 9 atom stereocenters. The van der Waals surface area contributed by atoms with Gasteiger partial charge in [0, 0.05) is 30.6 Å². The molecule has 0 aromatic heterocycles. The molecule has 2 fully saturated rings. The van der Waals surface area contributed by atoms with Gasteiger partial charge in [0.05, 0.1) is 6.10 Å². The molecule has 2 saturated heterocycles. The van der Waals surface area contributed by atoms with Crippen molar-refractivity contribution in [3.05, 3.63) is 23.8 Å². The summed E-state index contributed by atoms with van der Waals surface area (Å²) in [5.74, 6) is -2.10. The minimum Gasteiger partial charge on any atom is -0.461 e. The van der Waals surface area contributed by atoms with Crippen molar-refractivity contribution in [2.75, 3.05) is 0 Å². The van der Waals surface area contributed by atoms with E-state index in [0.29, 0.717) is 25.7 Å². The zero-order valence-corrected chi connectivity index (χ0v) is 20.8. The van der Waals surface area contributed by atoms with Gasteiger partial charge in [-0.3, -0.25) is 9.59 Å². The molecule has 0 radical (unpaired) electrons. The second-order valence-electron chi connectivity index (χ2n) is 10.7. The highest BCUT2D eigenvalue weighted by Gasteiger charge is 2.85. The van der Waals surface area contributed by atoms with Crippen LogP contribution >= 0.6 is 0 Å². The van der Waals surface area contributed by atoms with Crippen LogP contribution in [0.15, 0.2) is 23.8 Å². The maximum atomic E-state index is 12.7. The number of ether oxygens (including phenoxy) is 4. The highest BCUT2D eigenvalue weighted by Crippen LogP contribution is 2.64. The normalized spacial score (nSPS) is 46.7. The summed E-state index contributed by atoms with van der Waals surface area (Å²) in [6.07, 6.45) is 4.74. The number of epoxide rings is 1. The first-order valence-corrected chi connectivity index (χ1v) is 12.2. The van der Waals surface area contributed by atoms with Crippen molar-refractivity contribution in [3.8, 4) is 0 Å². The summed E-state index contributed by atoms with van der Waals surface area (Å²) in [6, 6.07) is 0. The molecule has 0 bridgehead atoms. The van der Waals surface area contributed by atoms with Crippen LogP contribution in [0.2, 0.25) is 0 Å². The highest BCUT2D eigenvalue weighted by atomic mass is 16.7. The predicted octanol–water partition coefficient (Wildman–Crippen LogP) is 3.01. The van der Waals surface area contributed by atoms with E-state index in [1.54, 1.807) is 6.92 Å². The average molecular weight is 477 g/mol. The Labute approximate surface area is 200 Å². The third-order valence-corrected chi connectivity index (χ3v) is 8.31. The van der Waals surface area contributed by atoms with Crippen LogP contribution in [0.25, 0.3) is 0 Å². The van der Waals surface area contributed by atoms with E-state index >= 15 is 0 Å². The summed E-state index contributed by atoms with van der Waals surface area (Å²) in [5, 5.41) is 12.0. The quantitative estimate of drug-likeness (QED) is 0.285. The second kappa shape index (κ2) is 8.48. The Morgan fingerprint density at radius 2 is 1.97 bits per heavy atom. The van der Waals surface area contributed by atoms with Crippen LogP contribution in [0.4, 0.5) is 0 Å². The molecule has 0 unspecified atom stereocenters. The lowest BCUT2D eigenvalue weighted by Gasteiger charge is -2.51. The molecule has 0 aromatic carbocycles. The Balaban J connectivity index is 1.83. The van der Waals surface area contributed by atoms with Gasteiger partial charge in [0.1, 0.15) is 12.2 Å². The number of fused-ring (bicyclic) bond motifs is 1. The van der Waals surface area contributed by atoms with Crippen LogP contribution < -0.4 is 0 Å². The number of esters is 3. The van der Waals surface area contributed by atoms with E-state index in [1.807, 2.05) is 45.9 Å². The summed E-state index contributed by atoms with van der Waals surface area (Å²) in [6.45, 7) is 10.7. The average Bonchev–Trinajstić information content (AvgIpc) is 3.34. The summed E-state index contributed by atoms with van der Waals surface area (Å²) in [7, 11) is 0. The molecule has 4 rings (SSSR count). The molecule has 2 heterocycles. The van der Waals surface area contributed by atoms with Gasteiger partial charge in [0.15, 0.2) is 17.3 Å². The lowest BCUT2D eigenvalue weighted by atomic mass is 9.57. The lowest BCUT2D eigenvalue weighted by Crippen LogP contribution is -2.59. The van der Waals surface area contributed by atoms with E-state index < -0.39 is 58.9 Å². The van der Waals surface area contributed by atoms with Gasteiger partial charge in [0.25, 0.3) is 0 Å². The molecule has 2 aliphatic heterocycles. The molecular formula is C26H36O8. The summed E-state index contributed by atoms with van der Waals surface area (Å²) in [4.78, 5) is 37.1. The molecule has 0 amide bonds. The number of carbonyl (C=O) groups is 3. The SMILES string of the molecule is CCCC(=O)O[C@H]1CC/C(C)=C\[C@H]2OC(=O)[C@]3(C)O[C@]23[C@@H](O)[C@H]2[C@@H](C)[C@H](OC(C)=O)C=C[C@@]21C. The van der Waals surface area contributed by atoms with Gasteiger partial charge in [-0.05, 0) is 45.3 Å². The van der Waals surface area contributed by atoms with Crippen molar-refractivity contribution < 1.29 is 38.4 Å². The van der Waals surface area contributed by atoms with Gasteiger partial charge in [-0.25, -0.2) is 4.79 Å². The Morgan fingerprint density at radius 3 is 2.59 bits per heavy atom. The van der Waals surface area contributed by atoms with E-state index in [0.717, 1.165) is 5.57 Å².